The van der Waals surface area contributed by atoms with Crippen molar-refractivity contribution in [2.45, 2.75) is 19.8 Å². The van der Waals surface area contributed by atoms with Gasteiger partial charge in [-0.15, -0.1) is 0 Å². The average molecular weight is 382 g/mol. The van der Waals surface area contributed by atoms with E-state index in [9.17, 15) is 9.59 Å². The summed E-state index contributed by atoms with van der Waals surface area (Å²) >= 11 is 0. The summed E-state index contributed by atoms with van der Waals surface area (Å²) in [6.45, 7) is 4.88. The quantitative estimate of drug-likeness (QED) is 0.709. The maximum Gasteiger partial charge on any atom is 0.259 e. The molecule has 1 saturated heterocycles. The van der Waals surface area contributed by atoms with Crippen LogP contribution in [0.1, 0.15) is 40.5 Å². The van der Waals surface area contributed by atoms with E-state index in [4.69, 9.17) is 9.47 Å². The lowest BCUT2D eigenvalue weighted by molar-refractivity contribution is 0.0794. The van der Waals surface area contributed by atoms with Crippen molar-refractivity contribution < 1.29 is 19.1 Å². The highest BCUT2D eigenvalue weighted by Crippen LogP contribution is 2.23. The Morgan fingerprint density at radius 1 is 0.964 bits per heavy atom. The van der Waals surface area contributed by atoms with Crippen molar-refractivity contribution in [1.29, 1.82) is 0 Å². The van der Waals surface area contributed by atoms with Crippen molar-refractivity contribution in [1.82, 2.24) is 4.90 Å². The van der Waals surface area contributed by atoms with Gasteiger partial charge in [0.2, 0.25) is 0 Å². The van der Waals surface area contributed by atoms with Crippen molar-refractivity contribution >= 4 is 17.5 Å². The van der Waals surface area contributed by atoms with Gasteiger partial charge in [0.25, 0.3) is 11.8 Å². The summed E-state index contributed by atoms with van der Waals surface area (Å²) in [5, 5.41) is 2.88. The van der Waals surface area contributed by atoms with Crippen LogP contribution in [0, 0.1) is 0 Å². The van der Waals surface area contributed by atoms with Crippen LogP contribution >= 0.6 is 0 Å². The summed E-state index contributed by atoms with van der Waals surface area (Å²) in [6, 6.07) is 14.2. The van der Waals surface area contributed by atoms with Gasteiger partial charge in [0.05, 0.1) is 23.4 Å². The van der Waals surface area contributed by atoms with Crippen LogP contribution < -0.4 is 10.1 Å². The van der Waals surface area contributed by atoms with Crippen molar-refractivity contribution in [3.8, 4) is 5.75 Å². The minimum Gasteiger partial charge on any atom is -0.490 e. The molecule has 1 aliphatic heterocycles. The van der Waals surface area contributed by atoms with Gasteiger partial charge in [0.15, 0.2) is 0 Å². The maximum atomic E-state index is 12.9. The Morgan fingerprint density at radius 2 is 1.64 bits per heavy atom. The molecule has 0 aromatic heterocycles. The Balaban J connectivity index is 1.74. The van der Waals surface area contributed by atoms with Crippen LogP contribution in [-0.4, -0.2) is 49.6 Å². The Labute approximate surface area is 165 Å². The Bertz CT molecular complexity index is 816. The Morgan fingerprint density at radius 3 is 2.39 bits per heavy atom. The molecule has 0 radical (unpaired) electrons. The first-order chi connectivity index (χ1) is 13.7. The molecule has 0 atom stereocenters. The number of nitrogens with zero attached hydrogens (tertiary/aromatic N) is 1. The zero-order valence-corrected chi connectivity index (χ0v) is 16.1. The van der Waals surface area contributed by atoms with E-state index in [0.717, 1.165) is 25.9 Å². The number of hydrogen-bond acceptors (Lipinski definition) is 4. The van der Waals surface area contributed by atoms with E-state index in [1.165, 1.54) is 0 Å². The second-order valence-corrected chi connectivity index (χ2v) is 6.54. The lowest BCUT2D eigenvalue weighted by atomic mass is 10.1. The second kappa shape index (κ2) is 9.90. The fourth-order valence-corrected chi connectivity index (χ4v) is 3.19. The molecule has 0 spiro atoms. The van der Waals surface area contributed by atoms with Gasteiger partial charge in [0.1, 0.15) is 12.4 Å². The van der Waals surface area contributed by atoms with Crippen LogP contribution in [0.25, 0.3) is 0 Å². The van der Waals surface area contributed by atoms with Crippen molar-refractivity contribution in [3.05, 3.63) is 59.7 Å². The highest BCUT2D eigenvalue weighted by molar-refractivity contribution is 6.10. The molecular weight excluding hydrogens is 356 g/mol. The van der Waals surface area contributed by atoms with E-state index in [0.29, 0.717) is 42.4 Å². The molecule has 1 aliphatic rings. The predicted octanol–water partition coefficient (Wildman–Crippen LogP) is 3.59. The highest BCUT2D eigenvalue weighted by Gasteiger charge is 2.23. The molecule has 6 nitrogen and oxygen atoms in total. The number of nitrogens with one attached hydrogen (secondary N) is 1. The molecule has 0 aliphatic carbocycles. The molecule has 0 bridgehead atoms. The minimum atomic E-state index is -0.311. The molecule has 28 heavy (non-hydrogen) atoms. The van der Waals surface area contributed by atoms with Crippen LogP contribution in [0.4, 0.5) is 5.69 Å². The van der Waals surface area contributed by atoms with Crippen LogP contribution in [-0.2, 0) is 4.74 Å². The van der Waals surface area contributed by atoms with Gasteiger partial charge in [-0.2, -0.15) is 0 Å². The van der Waals surface area contributed by atoms with Gasteiger partial charge in [-0.05, 0) is 44.0 Å². The molecule has 6 heteroatoms. The van der Waals surface area contributed by atoms with E-state index in [1.54, 1.807) is 36.4 Å². The third kappa shape index (κ3) is 4.89. The number of anilines is 1. The molecule has 3 rings (SSSR count). The lowest BCUT2D eigenvalue weighted by Gasteiger charge is -2.18. The number of rotatable bonds is 8. The number of para-hydroxylation sites is 2. The smallest absolute Gasteiger partial charge is 0.259 e. The van der Waals surface area contributed by atoms with E-state index >= 15 is 0 Å². The number of carbonyl (C=O) groups excluding carboxylic acids is 2. The van der Waals surface area contributed by atoms with E-state index in [1.807, 2.05) is 24.0 Å². The molecule has 1 fully saturated rings. The summed E-state index contributed by atoms with van der Waals surface area (Å²) in [4.78, 5) is 27.5. The first kappa shape index (κ1) is 19.9. The Hall–Kier alpha value is -2.86. The molecule has 1 N–H and O–H groups in total. The summed E-state index contributed by atoms with van der Waals surface area (Å²) < 4.78 is 11.0. The molecule has 1 heterocycles. The number of likely N-dealkylation sites (tertiary alicyclic amines) is 1. The average Bonchev–Trinajstić information content (AvgIpc) is 3.26. The van der Waals surface area contributed by atoms with Gasteiger partial charge in [0, 0.05) is 19.7 Å². The summed E-state index contributed by atoms with van der Waals surface area (Å²) in [7, 11) is 0. The predicted molar refractivity (Wildman–Crippen MR) is 108 cm³/mol. The standard InChI is InChI=1S/C22H26N2O4/c1-2-27-15-16-28-20-12-6-4-10-18(20)21(25)23-19-11-5-3-9-17(19)22(26)24-13-7-8-14-24/h3-6,9-12H,2,7-8,13-16H2,1H3,(H,23,25). The van der Waals surface area contributed by atoms with Crippen molar-refractivity contribution in [2.24, 2.45) is 0 Å². The number of amides is 2. The fraction of sp³-hybridized carbons (Fsp3) is 0.364. The number of ether oxygens (including phenoxy) is 2. The van der Waals surface area contributed by atoms with Gasteiger partial charge in [-0.3, -0.25) is 9.59 Å². The molecule has 2 aromatic carbocycles. The van der Waals surface area contributed by atoms with Gasteiger partial charge < -0.3 is 19.7 Å². The first-order valence-corrected chi connectivity index (χ1v) is 9.70. The topological polar surface area (TPSA) is 67.9 Å². The number of hydrogen-bond donors (Lipinski definition) is 1. The fourth-order valence-electron chi connectivity index (χ4n) is 3.19. The van der Waals surface area contributed by atoms with Gasteiger partial charge >= 0.3 is 0 Å². The van der Waals surface area contributed by atoms with E-state index < -0.39 is 0 Å². The zero-order valence-electron chi connectivity index (χ0n) is 16.1. The van der Waals surface area contributed by atoms with E-state index in [-0.39, 0.29) is 11.8 Å². The largest absolute Gasteiger partial charge is 0.490 e. The summed E-state index contributed by atoms with van der Waals surface area (Å²) in [5.74, 6) is 0.131. The molecule has 0 saturated carbocycles. The van der Waals surface area contributed by atoms with Gasteiger partial charge in [-0.1, -0.05) is 24.3 Å². The summed E-state index contributed by atoms with van der Waals surface area (Å²) in [6.07, 6.45) is 2.04. The Kier molecular flexibility index (Phi) is 7.03. The van der Waals surface area contributed by atoms with Crippen LogP contribution in [0.5, 0.6) is 5.75 Å². The molecule has 148 valence electrons. The first-order valence-electron chi connectivity index (χ1n) is 9.70. The number of benzene rings is 2. The third-order valence-corrected chi connectivity index (χ3v) is 4.62. The molecular formula is C22H26N2O4. The SMILES string of the molecule is CCOCCOc1ccccc1C(=O)Nc1ccccc1C(=O)N1CCCC1. The van der Waals surface area contributed by atoms with E-state index in [2.05, 4.69) is 5.32 Å². The lowest BCUT2D eigenvalue weighted by Crippen LogP contribution is -2.28. The van der Waals surface area contributed by atoms with Crippen LogP contribution in [0.3, 0.4) is 0 Å². The van der Waals surface area contributed by atoms with Crippen molar-refractivity contribution in [3.63, 3.8) is 0 Å². The minimum absolute atomic E-state index is 0.0466. The van der Waals surface area contributed by atoms with Gasteiger partial charge in [-0.25, -0.2) is 0 Å². The highest BCUT2D eigenvalue weighted by atomic mass is 16.5. The normalized spacial score (nSPS) is 13.4. The maximum absolute atomic E-state index is 12.9. The monoisotopic (exact) mass is 382 g/mol. The third-order valence-electron chi connectivity index (χ3n) is 4.62. The molecule has 2 aromatic rings. The van der Waals surface area contributed by atoms with Crippen LogP contribution in [0.15, 0.2) is 48.5 Å². The molecule has 2 amide bonds. The number of carbonyl (C=O) groups is 2. The molecule has 0 unspecified atom stereocenters. The summed E-state index contributed by atoms with van der Waals surface area (Å²) in [5.41, 5.74) is 1.43. The van der Waals surface area contributed by atoms with Crippen molar-refractivity contribution in [2.75, 3.05) is 38.2 Å². The zero-order chi connectivity index (χ0) is 19.8. The second-order valence-electron chi connectivity index (χ2n) is 6.54. The van der Waals surface area contributed by atoms with Crippen LogP contribution in [0.2, 0.25) is 0 Å².